The van der Waals surface area contributed by atoms with Crippen LogP contribution in [0.3, 0.4) is 0 Å². The molecule has 1 amide bonds. The molecule has 26 heavy (non-hydrogen) atoms. The first kappa shape index (κ1) is 16.7. The Morgan fingerprint density at radius 2 is 2.12 bits per heavy atom. The van der Waals surface area contributed by atoms with Crippen molar-refractivity contribution in [2.24, 2.45) is 5.92 Å². The van der Waals surface area contributed by atoms with E-state index in [-0.39, 0.29) is 29.8 Å². The summed E-state index contributed by atoms with van der Waals surface area (Å²) in [7, 11) is 0. The Bertz CT molecular complexity index is 941. The maximum atomic E-state index is 13.0. The van der Waals surface area contributed by atoms with Crippen LogP contribution in [0.4, 0.5) is 19.1 Å². The molecule has 1 aromatic carbocycles. The number of furan rings is 1. The summed E-state index contributed by atoms with van der Waals surface area (Å²) in [5.74, 6) is 0.636. The second-order valence-corrected chi connectivity index (χ2v) is 6.42. The largest absolute Gasteiger partial charge is 0.467 e. The highest BCUT2D eigenvalue weighted by Crippen LogP contribution is 2.33. The fourth-order valence-corrected chi connectivity index (χ4v) is 3.00. The highest BCUT2D eigenvalue weighted by molar-refractivity contribution is 5.93. The van der Waals surface area contributed by atoms with Crippen LogP contribution in [0.5, 0.6) is 0 Å². The fourth-order valence-electron chi connectivity index (χ4n) is 3.00. The first-order chi connectivity index (χ1) is 12.4. The molecule has 1 saturated carbocycles. The van der Waals surface area contributed by atoms with Gasteiger partial charge < -0.3 is 8.98 Å². The van der Waals surface area contributed by atoms with E-state index in [1.165, 1.54) is 12.3 Å². The summed E-state index contributed by atoms with van der Waals surface area (Å²) in [6.07, 6.45) is -0.280. The molecule has 2 heterocycles. The average molecular weight is 363 g/mol. The monoisotopic (exact) mass is 363 g/mol. The third kappa shape index (κ3) is 3.07. The van der Waals surface area contributed by atoms with Gasteiger partial charge in [-0.05, 0) is 43.2 Å². The third-order valence-electron chi connectivity index (χ3n) is 4.68. The number of rotatable bonds is 4. The predicted molar refractivity (Wildman–Crippen MR) is 88.5 cm³/mol. The highest BCUT2D eigenvalue weighted by Gasteiger charge is 2.31. The van der Waals surface area contributed by atoms with E-state index in [0.29, 0.717) is 11.3 Å². The number of carbonyl (C=O) groups is 1. The lowest BCUT2D eigenvalue weighted by molar-refractivity contribution is -0.137. The van der Waals surface area contributed by atoms with E-state index in [1.807, 2.05) is 0 Å². The number of carbonyl (C=O) groups excluding carboxylic acids is 1. The Balaban J connectivity index is 1.75. The number of anilines is 1. The molecule has 1 fully saturated rings. The maximum Gasteiger partial charge on any atom is 0.416 e. The summed E-state index contributed by atoms with van der Waals surface area (Å²) in [4.78, 5) is 16.5. The minimum Gasteiger partial charge on any atom is -0.467 e. The van der Waals surface area contributed by atoms with Crippen LogP contribution in [0.1, 0.15) is 30.6 Å². The van der Waals surface area contributed by atoms with Gasteiger partial charge in [0.2, 0.25) is 11.9 Å². The summed E-state index contributed by atoms with van der Waals surface area (Å²) in [5, 5.41) is 2.76. The van der Waals surface area contributed by atoms with Crippen molar-refractivity contribution in [1.29, 1.82) is 0 Å². The quantitative estimate of drug-likeness (QED) is 0.746. The Labute approximate surface area is 146 Å². The second kappa shape index (κ2) is 6.19. The smallest absolute Gasteiger partial charge is 0.416 e. The number of amides is 1. The van der Waals surface area contributed by atoms with Crippen LogP contribution in [0.25, 0.3) is 11.0 Å². The van der Waals surface area contributed by atoms with E-state index in [9.17, 15) is 18.0 Å². The number of halogens is 3. The number of nitrogens with one attached hydrogen (secondary N) is 1. The minimum atomic E-state index is -4.45. The fraction of sp³-hybridized carbons (Fsp3) is 0.333. The molecule has 0 aliphatic heterocycles. The zero-order valence-electron chi connectivity index (χ0n) is 13.7. The molecule has 0 radical (unpaired) electrons. The lowest BCUT2D eigenvalue weighted by Crippen LogP contribution is -2.29. The van der Waals surface area contributed by atoms with E-state index >= 15 is 0 Å². The number of nitrogens with zero attached hydrogens (tertiary/aromatic N) is 2. The van der Waals surface area contributed by atoms with Gasteiger partial charge >= 0.3 is 6.18 Å². The van der Waals surface area contributed by atoms with Crippen LogP contribution in [0, 0.1) is 5.92 Å². The molecule has 0 unspecified atom stereocenters. The topological polar surface area (TPSA) is 60.1 Å². The first-order valence-corrected chi connectivity index (χ1v) is 8.32. The molecule has 4 rings (SSSR count). The van der Waals surface area contributed by atoms with Gasteiger partial charge in [0.25, 0.3) is 0 Å². The van der Waals surface area contributed by atoms with Crippen LogP contribution in [-0.2, 0) is 17.5 Å². The molecule has 136 valence electrons. The van der Waals surface area contributed by atoms with E-state index in [1.54, 1.807) is 16.7 Å². The summed E-state index contributed by atoms with van der Waals surface area (Å²) in [5.41, 5.74) is -0.0990. The molecule has 1 aliphatic rings. The van der Waals surface area contributed by atoms with Crippen LogP contribution in [0.2, 0.25) is 0 Å². The molecule has 3 aromatic rings. The van der Waals surface area contributed by atoms with Crippen LogP contribution < -0.4 is 5.32 Å². The number of aromatic nitrogens is 2. The average Bonchev–Trinajstić information content (AvgIpc) is 3.13. The minimum absolute atomic E-state index is 0.0578. The molecule has 5 nitrogen and oxygen atoms in total. The predicted octanol–water partition coefficient (Wildman–Crippen LogP) is 4.44. The number of fused-ring (bicyclic) bond motifs is 1. The lowest BCUT2D eigenvalue weighted by Gasteiger charge is -2.23. The Morgan fingerprint density at radius 3 is 2.73 bits per heavy atom. The van der Waals surface area contributed by atoms with Gasteiger partial charge in [-0.1, -0.05) is 6.42 Å². The number of imidazole rings is 1. The summed E-state index contributed by atoms with van der Waals surface area (Å²) >= 11 is 0. The van der Waals surface area contributed by atoms with Gasteiger partial charge in [0.05, 0.1) is 29.4 Å². The van der Waals surface area contributed by atoms with Crippen LogP contribution in [0.15, 0.2) is 41.0 Å². The van der Waals surface area contributed by atoms with Crippen molar-refractivity contribution >= 4 is 22.9 Å². The van der Waals surface area contributed by atoms with Gasteiger partial charge in [-0.2, -0.15) is 13.2 Å². The molecular weight excluding hydrogens is 347 g/mol. The van der Waals surface area contributed by atoms with Gasteiger partial charge in [-0.25, -0.2) is 4.98 Å². The molecule has 0 atom stereocenters. The van der Waals surface area contributed by atoms with Gasteiger partial charge in [0.1, 0.15) is 5.76 Å². The Morgan fingerprint density at radius 1 is 1.31 bits per heavy atom. The highest BCUT2D eigenvalue weighted by atomic mass is 19.4. The van der Waals surface area contributed by atoms with Gasteiger partial charge in [0, 0.05) is 5.92 Å². The summed E-state index contributed by atoms with van der Waals surface area (Å²) < 4.78 is 45.9. The van der Waals surface area contributed by atoms with E-state index < -0.39 is 11.7 Å². The number of hydrogen-bond acceptors (Lipinski definition) is 3. The van der Waals surface area contributed by atoms with Crippen molar-refractivity contribution in [2.45, 2.75) is 32.0 Å². The van der Waals surface area contributed by atoms with Crippen molar-refractivity contribution in [2.75, 3.05) is 5.32 Å². The van der Waals surface area contributed by atoms with Crippen molar-refractivity contribution in [3.8, 4) is 0 Å². The molecule has 2 aromatic heterocycles. The Hall–Kier alpha value is -2.77. The molecule has 1 aliphatic carbocycles. The number of alkyl halides is 3. The standard InChI is InChI=1S/C18H16F3N3O2/c19-18(20,21)12-6-7-15-14(9-12)22-17(23-16(25)11-3-1-4-11)24(15)10-13-5-2-8-26-13/h2,5-9,11H,1,3-4,10H2,(H,22,23,25). The SMILES string of the molecule is O=C(Nc1nc2cc(C(F)(F)F)ccc2n1Cc1ccco1)C1CCC1. The first-order valence-electron chi connectivity index (χ1n) is 8.32. The Kier molecular flexibility index (Phi) is 3.97. The zero-order valence-corrected chi connectivity index (χ0v) is 13.7. The van der Waals surface area contributed by atoms with Crippen molar-refractivity contribution in [1.82, 2.24) is 9.55 Å². The molecule has 1 N–H and O–H groups in total. The van der Waals surface area contributed by atoms with Crippen molar-refractivity contribution < 1.29 is 22.4 Å². The van der Waals surface area contributed by atoms with Crippen LogP contribution in [-0.4, -0.2) is 15.5 Å². The van der Waals surface area contributed by atoms with Crippen molar-refractivity contribution in [3.63, 3.8) is 0 Å². The zero-order chi connectivity index (χ0) is 18.3. The van der Waals surface area contributed by atoms with E-state index in [2.05, 4.69) is 10.3 Å². The molecule has 0 bridgehead atoms. The third-order valence-corrected chi connectivity index (χ3v) is 4.68. The summed E-state index contributed by atoms with van der Waals surface area (Å²) in [6.45, 7) is 0.259. The molecular formula is C18H16F3N3O2. The van der Waals surface area contributed by atoms with Crippen LogP contribution >= 0.6 is 0 Å². The second-order valence-electron chi connectivity index (χ2n) is 6.42. The lowest BCUT2D eigenvalue weighted by atomic mass is 9.85. The summed E-state index contributed by atoms with van der Waals surface area (Å²) in [6, 6.07) is 6.86. The molecule has 8 heteroatoms. The van der Waals surface area contributed by atoms with Gasteiger partial charge in [0.15, 0.2) is 0 Å². The van der Waals surface area contributed by atoms with E-state index in [4.69, 9.17) is 4.42 Å². The van der Waals surface area contributed by atoms with E-state index in [0.717, 1.165) is 31.4 Å². The normalized spacial score (nSPS) is 15.2. The number of benzene rings is 1. The maximum absolute atomic E-state index is 13.0. The van der Waals surface area contributed by atoms with Gasteiger partial charge in [-0.3, -0.25) is 10.1 Å². The number of hydrogen-bond donors (Lipinski definition) is 1. The molecule has 0 spiro atoms. The molecule has 0 saturated heterocycles. The van der Waals surface area contributed by atoms with Crippen molar-refractivity contribution in [3.05, 3.63) is 47.9 Å². The van der Waals surface area contributed by atoms with Gasteiger partial charge in [-0.15, -0.1) is 0 Å².